The SMILES string of the molecule is O=C1CCC(C(=O)OCCc2ccccc2)N1. The van der Waals surface area contributed by atoms with Gasteiger partial charge < -0.3 is 10.1 Å². The van der Waals surface area contributed by atoms with Crippen molar-refractivity contribution in [2.45, 2.75) is 25.3 Å². The molecular formula is C13H15NO3. The molecule has 0 bridgehead atoms. The van der Waals surface area contributed by atoms with Gasteiger partial charge in [0, 0.05) is 12.8 Å². The van der Waals surface area contributed by atoms with E-state index in [0.717, 1.165) is 5.56 Å². The summed E-state index contributed by atoms with van der Waals surface area (Å²) in [5, 5.41) is 2.59. The van der Waals surface area contributed by atoms with E-state index >= 15 is 0 Å². The van der Waals surface area contributed by atoms with E-state index in [0.29, 0.717) is 25.9 Å². The minimum Gasteiger partial charge on any atom is -0.464 e. The maximum absolute atomic E-state index is 11.5. The number of rotatable bonds is 4. The summed E-state index contributed by atoms with van der Waals surface area (Å²) in [4.78, 5) is 22.5. The van der Waals surface area contributed by atoms with E-state index in [1.54, 1.807) is 0 Å². The predicted molar refractivity (Wildman–Crippen MR) is 62.3 cm³/mol. The zero-order chi connectivity index (χ0) is 12.1. The summed E-state index contributed by atoms with van der Waals surface area (Å²) in [5.74, 6) is -0.401. The molecule has 90 valence electrons. The van der Waals surface area contributed by atoms with Crippen molar-refractivity contribution in [1.29, 1.82) is 0 Å². The lowest BCUT2D eigenvalue weighted by Gasteiger charge is -2.09. The lowest BCUT2D eigenvalue weighted by atomic mass is 10.2. The number of nitrogens with one attached hydrogen (secondary N) is 1. The summed E-state index contributed by atoms with van der Waals surface area (Å²) in [6.45, 7) is 0.356. The Morgan fingerprint density at radius 2 is 2.12 bits per heavy atom. The summed E-state index contributed by atoms with van der Waals surface area (Å²) in [7, 11) is 0. The third kappa shape index (κ3) is 3.31. The molecule has 0 spiro atoms. The molecule has 0 aromatic heterocycles. The van der Waals surface area contributed by atoms with Gasteiger partial charge in [-0.25, -0.2) is 4.79 Å². The molecule has 1 N–H and O–H groups in total. The van der Waals surface area contributed by atoms with Crippen LogP contribution >= 0.6 is 0 Å². The second-order valence-electron chi connectivity index (χ2n) is 4.06. The highest BCUT2D eigenvalue weighted by atomic mass is 16.5. The van der Waals surface area contributed by atoms with Gasteiger partial charge in [0.25, 0.3) is 0 Å². The zero-order valence-corrected chi connectivity index (χ0v) is 9.52. The van der Waals surface area contributed by atoms with Crippen molar-refractivity contribution in [2.24, 2.45) is 0 Å². The average molecular weight is 233 g/mol. The van der Waals surface area contributed by atoms with Crippen molar-refractivity contribution in [1.82, 2.24) is 5.32 Å². The van der Waals surface area contributed by atoms with Crippen LogP contribution < -0.4 is 5.32 Å². The quantitative estimate of drug-likeness (QED) is 0.791. The van der Waals surface area contributed by atoms with Gasteiger partial charge in [0.1, 0.15) is 6.04 Å². The second kappa shape index (κ2) is 5.48. The smallest absolute Gasteiger partial charge is 0.328 e. The molecular weight excluding hydrogens is 218 g/mol. The minimum absolute atomic E-state index is 0.0741. The van der Waals surface area contributed by atoms with Crippen molar-refractivity contribution in [2.75, 3.05) is 6.61 Å². The predicted octanol–water partition coefficient (Wildman–Crippen LogP) is 1.05. The molecule has 4 heteroatoms. The Labute approximate surface area is 100.0 Å². The molecule has 1 aliphatic heterocycles. The molecule has 1 atom stereocenters. The van der Waals surface area contributed by atoms with Crippen molar-refractivity contribution < 1.29 is 14.3 Å². The van der Waals surface area contributed by atoms with Crippen LogP contribution in [0, 0.1) is 0 Å². The summed E-state index contributed by atoms with van der Waals surface area (Å²) < 4.78 is 5.12. The van der Waals surface area contributed by atoms with Crippen LogP contribution in [-0.2, 0) is 20.7 Å². The number of benzene rings is 1. The number of hydrogen-bond acceptors (Lipinski definition) is 3. The van der Waals surface area contributed by atoms with Crippen LogP contribution in [0.15, 0.2) is 30.3 Å². The minimum atomic E-state index is -0.446. The van der Waals surface area contributed by atoms with E-state index in [2.05, 4.69) is 5.32 Å². The highest BCUT2D eigenvalue weighted by molar-refractivity contribution is 5.88. The maximum Gasteiger partial charge on any atom is 0.328 e. The van der Waals surface area contributed by atoms with Crippen LogP contribution in [0.5, 0.6) is 0 Å². The van der Waals surface area contributed by atoms with Gasteiger partial charge in [-0.3, -0.25) is 4.79 Å². The number of hydrogen-bond donors (Lipinski definition) is 1. The Balaban J connectivity index is 1.72. The summed E-state index contributed by atoms with van der Waals surface area (Å²) >= 11 is 0. The van der Waals surface area contributed by atoms with Crippen molar-refractivity contribution in [3.63, 3.8) is 0 Å². The monoisotopic (exact) mass is 233 g/mol. The third-order valence-electron chi connectivity index (χ3n) is 2.76. The molecule has 1 fully saturated rings. The molecule has 1 heterocycles. The fraction of sp³-hybridized carbons (Fsp3) is 0.385. The highest BCUT2D eigenvalue weighted by Gasteiger charge is 2.28. The Morgan fingerprint density at radius 3 is 2.76 bits per heavy atom. The molecule has 17 heavy (non-hydrogen) atoms. The molecule has 4 nitrogen and oxygen atoms in total. The van der Waals surface area contributed by atoms with Gasteiger partial charge in [0.2, 0.25) is 5.91 Å². The summed E-state index contributed by atoms with van der Waals surface area (Å²) in [5.41, 5.74) is 1.13. The normalized spacial score (nSPS) is 18.8. The highest BCUT2D eigenvalue weighted by Crippen LogP contribution is 2.08. The first-order valence-corrected chi connectivity index (χ1v) is 5.75. The van der Waals surface area contributed by atoms with Crippen LogP contribution in [0.1, 0.15) is 18.4 Å². The number of esters is 1. The topological polar surface area (TPSA) is 55.4 Å². The number of carbonyl (C=O) groups excluding carboxylic acids is 2. The molecule has 1 aliphatic rings. The fourth-order valence-electron chi connectivity index (χ4n) is 1.81. The molecule has 1 aromatic rings. The van der Waals surface area contributed by atoms with E-state index in [4.69, 9.17) is 4.74 Å². The van der Waals surface area contributed by atoms with Crippen LogP contribution in [-0.4, -0.2) is 24.5 Å². The van der Waals surface area contributed by atoms with Gasteiger partial charge in [0.05, 0.1) is 6.61 Å². The summed E-state index contributed by atoms with van der Waals surface area (Å²) in [6, 6.07) is 9.39. The first-order chi connectivity index (χ1) is 8.25. The van der Waals surface area contributed by atoms with Crippen LogP contribution in [0.4, 0.5) is 0 Å². The van der Waals surface area contributed by atoms with Gasteiger partial charge in [-0.2, -0.15) is 0 Å². The van der Waals surface area contributed by atoms with E-state index in [9.17, 15) is 9.59 Å². The number of carbonyl (C=O) groups is 2. The Hall–Kier alpha value is -1.84. The molecule has 0 radical (unpaired) electrons. The van der Waals surface area contributed by atoms with Gasteiger partial charge in [-0.05, 0) is 12.0 Å². The number of ether oxygens (including phenoxy) is 1. The van der Waals surface area contributed by atoms with Crippen LogP contribution in [0.2, 0.25) is 0 Å². The molecule has 1 unspecified atom stereocenters. The van der Waals surface area contributed by atoms with E-state index < -0.39 is 6.04 Å². The standard InChI is InChI=1S/C13H15NO3/c15-12-7-6-11(14-12)13(16)17-9-8-10-4-2-1-3-5-10/h1-5,11H,6-9H2,(H,14,15). The van der Waals surface area contributed by atoms with Gasteiger partial charge in [-0.1, -0.05) is 30.3 Å². The Kier molecular flexibility index (Phi) is 3.75. The first-order valence-electron chi connectivity index (χ1n) is 5.75. The van der Waals surface area contributed by atoms with Crippen molar-refractivity contribution in [3.8, 4) is 0 Å². The van der Waals surface area contributed by atoms with E-state index in [-0.39, 0.29) is 11.9 Å². The third-order valence-corrected chi connectivity index (χ3v) is 2.76. The lowest BCUT2D eigenvalue weighted by molar-refractivity contribution is -0.146. The molecule has 1 saturated heterocycles. The Bertz CT molecular complexity index is 402. The number of amides is 1. The van der Waals surface area contributed by atoms with Gasteiger partial charge in [-0.15, -0.1) is 0 Å². The molecule has 1 aromatic carbocycles. The maximum atomic E-state index is 11.5. The van der Waals surface area contributed by atoms with E-state index in [1.807, 2.05) is 30.3 Å². The van der Waals surface area contributed by atoms with Crippen molar-refractivity contribution in [3.05, 3.63) is 35.9 Å². The largest absolute Gasteiger partial charge is 0.464 e. The lowest BCUT2D eigenvalue weighted by Crippen LogP contribution is -2.34. The van der Waals surface area contributed by atoms with Gasteiger partial charge in [0.15, 0.2) is 0 Å². The average Bonchev–Trinajstić information content (AvgIpc) is 2.77. The molecule has 0 aliphatic carbocycles. The van der Waals surface area contributed by atoms with Gasteiger partial charge >= 0.3 is 5.97 Å². The fourth-order valence-corrected chi connectivity index (χ4v) is 1.81. The Morgan fingerprint density at radius 1 is 1.35 bits per heavy atom. The molecule has 1 amide bonds. The van der Waals surface area contributed by atoms with Crippen LogP contribution in [0.25, 0.3) is 0 Å². The van der Waals surface area contributed by atoms with Crippen LogP contribution in [0.3, 0.4) is 0 Å². The van der Waals surface area contributed by atoms with E-state index in [1.165, 1.54) is 0 Å². The summed E-state index contributed by atoms with van der Waals surface area (Å²) in [6.07, 6.45) is 1.66. The molecule has 2 rings (SSSR count). The van der Waals surface area contributed by atoms with Crippen molar-refractivity contribution >= 4 is 11.9 Å². The molecule has 0 saturated carbocycles. The second-order valence-corrected chi connectivity index (χ2v) is 4.06. The zero-order valence-electron chi connectivity index (χ0n) is 9.52. The first kappa shape index (κ1) is 11.6.